The van der Waals surface area contributed by atoms with Crippen LogP contribution in [0.2, 0.25) is 5.02 Å². The van der Waals surface area contributed by atoms with Crippen LogP contribution in [0.25, 0.3) is 0 Å². The van der Waals surface area contributed by atoms with Gasteiger partial charge in [0.25, 0.3) is 0 Å². The van der Waals surface area contributed by atoms with Crippen LogP contribution in [0.3, 0.4) is 0 Å². The Labute approximate surface area is 165 Å². The summed E-state index contributed by atoms with van der Waals surface area (Å²) in [5.41, 5.74) is 3.83. The molecular formula is C21H25ClN2O3. The van der Waals surface area contributed by atoms with Crippen LogP contribution in [0.5, 0.6) is 5.75 Å². The van der Waals surface area contributed by atoms with Crippen LogP contribution in [0, 0.1) is 13.8 Å². The minimum atomic E-state index is -0.0991. The van der Waals surface area contributed by atoms with E-state index in [9.17, 15) is 4.79 Å². The number of halogens is 1. The third-order valence-corrected chi connectivity index (χ3v) is 4.80. The number of hydrogen-bond donors (Lipinski definition) is 1. The summed E-state index contributed by atoms with van der Waals surface area (Å²) in [6.45, 7) is 7.27. The second kappa shape index (κ2) is 9.11. The lowest BCUT2D eigenvalue weighted by Gasteiger charge is -2.30. The van der Waals surface area contributed by atoms with Gasteiger partial charge in [-0.3, -0.25) is 4.79 Å². The number of nitrogens with one attached hydrogen (secondary N) is 1. The SMILES string of the molecule is Cc1cccc(C)c1OCCC(=O)Nc1cc(Cl)ccc1N1CCOCC1. The van der Waals surface area contributed by atoms with Gasteiger partial charge in [0.1, 0.15) is 5.75 Å². The molecule has 5 nitrogen and oxygen atoms in total. The average molecular weight is 389 g/mol. The highest BCUT2D eigenvalue weighted by Gasteiger charge is 2.16. The van der Waals surface area contributed by atoms with Gasteiger partial charge in [-0.05, 0) is 43.2 Å². The number of carbonyl (C=O) groups is 1. The van der Waals surface area contributed by atoms with Gasteiger partial charge < -0.3 is 19.7 Å². The standard InChI is InChI=1S/C21H25ClN2O3/c1-15-4-3-5-16(2)21(15)27-11-8-20(25)23-18-14-17(22)6-7-19(18)24-9-12-26-13-10-24/h3-7,14H,8-13H2,1-2H3,(H,23,25). The molecule has 27 heavy (non-hydrogen) atoms. The number of benzene rings is 2. The van der Waals surface area contributed by atoms with Gasteiger partial charge in [-0.1, -0.05) is 29.8 Å². The molecule has 0 bridgehead atoms. The highest BCUT2D eigenvalue weighted by atomic mass is 35.5. The van der Waals surface area contributed by atoms with Crippen molar-refractivity contribution < 1.29 is 14.3 Å². The van der Waals surface area contributed by atoms with Gasteiger partial charge in [-0.15, -0.1) is 0 Å². The Morgan fingerprint density at radius 1 is 1.19 bits per heavy atom. The van der Waals surface area contributed by atoms with E-state index in [1.165, 1.54) is 0 Å². The monoisotopic (exact) mass is 388 g/mol. The van der Waals surface area contributed by atoms with E-state index in [1.807, 2.05) is 44.2 Å². The van der Waals surface area contributed by atoms with Gasteiger partial charge in [-0.25, -0.2) is 0 Å². The van der Waals surface area contributed by atoms with Gasteiger partial charge in [0.05, 0.1) is 37.6 Å². The fourth-order valence-corrected chi connectivity index (χ4v) is 3.35. The zero-order chi connectivity index (χ0) is 19.2. The Morgan fingerprint density at radius 3 is 2.59 bits per heavy atom. The van der Waals surface area contributed by atoms with Gasteiger partial charge in [-0.2, -0.15) is 0 Å². The van der Waals surface area contributed by atoms with Gasteiger partial charge >= 0.3 is 0 Å². The van der Waals surface area contributed by atoms with Gasteiger partial charge in [0.15, 0.2) is 0 Å². The number of amides is 1. The minimum absolute atomic E-state index is 0.0991. The molecule has 1 aliphatic heterocycles. The lowest BCUT2D eigenvalue weighted by atomic mass is 10.1. The quantitative estimate of drug-likeness (QED) is 0.805. The minimum Gasteiger partial charge on any atom is -0.493 e. The molecule has 1 amide bonds. The Bertz CT molecular complexity index is 784. The van der Waals surface area contributed by atoms with Crippen LogP contribution >= 0.6 is 11.6 Å². The molecule has 2 aromatic carbocycles. The maximum Gasteiger partial charge on any atom is 0.227 e. The molecular weight excluding hydrogens is 364 g/mol. The zero-order valence-electron chi connectivity index (χ0n) is 15.8. The molecule has 1 heterocycles. The van der Waals surface area contributed by atoms with Crippen molar-refractivity contribution in [2.75, 3.05) is 43.1 Å². The summed E-state index contributed by atoms with van der Waals surface area (Å²) in [7, 11) is 0. The maximum atomic E-state index is 12.4. The van der Waals surface area contributed by atoms with Crippen LogP contribution in [0.15, 0.2) is 36.4 Å². The summed E-state index contributed by atoms with van der Waals surface area (Å²) in [5.74, 6) is 0.750. The number of para-hydroxylation sites is 1. The molecule has 1 N–H and O–H groups in total. The molecule has 1 fully saturated rings. The molecule has 6 heteroatoms. The number of anilines is 2. The molecule has 0 aliphatic carbocycles. The normalized spacial score (nSPS) is 14.1. The first-order chi connectivity index (χ1) is 13.0. The highest BCUT2D eigenvalue weighted by Crippen LogP contribution is 2.30. The Kier molecular flexibility index (Phi) is 6.58. The van der Waals surface area contributed by atoms with Gasteiger partial charge in [0.2, 0.25) is 5.91 Å². The summed E-state index contributed by atoms with van der Waals surface area (Å²) < 4.78 is 11.2. The molecule has 3 rings (SSSR count). The number of carbonyl (C=O) groups excluding carboxylic acids is 1. The maximum absolute atomic E-state index is 12.4. The van der Waals surface area contributed by atoms with E-state index in [2.05, 4.69) is 10.2 Å². The summed E-state index contributed by atoms with van der Waals surface area (Å²) in [6.07, 6.45) is 0.267. The number of nitrogens with zero attached hydrogens (tertiary/aromatic N) is 1. The molecule has 0 spiro atoms. The summed E-state index contributed by atoms with van der Waals surface area (Å²) in [5, 5.41) is 3.57. The molecule has 0 unspecified atom stereocenters. The second-order valence-corrected chi connectivity index (χ2v) is 7.06. The molecule has 2 aromatic rings. The van der Waals surface area contributed by atoms with Gasteiger partial charge in [0, 0.05) is 18.1 Å². The Balaban J connectivity index is 1.61. The summed E-state index contributed by atoms with van der Waals surface area (Å²) in [6, 6.07) is 11.6. The third kappa shape index (κ3) is 5.15. The van der Waals surface area contributed by atoms with E-state index in [-0.39, 0.29) is 12.3 Å². The predicted octanol–water partition coefficient (Wildman–Crippen LogP) is 4.20. The molecule has 0 aromatic heterocycles. The van der Waals surface area contributed by atoms with Crippen LogP contribution in [0.4, 0.5) is 11.4 Å². The van der Waals surface area contributed by atoms with Crippen LogP contribution in [0.1, 0.15) is 17.5 Å². The number of aryl methyl sites for hydroxylation is 2. The fourth-order valence-electron chi connectivity index (χ4n) is 3.17. The second-order valence-electron chi connectivity index (χ2n) is 6.63. The third-order valence-electron chi connectivity index (χ3n) is 4.57. The lowest BCUT2D eigenvalue weighted by Crippen LogP contribution is -2.36. The molecule has 0 saturated carbocycles. The number of ether oxygens (including phenoxy) is 2. The van der Waals surface area contributed by atoms with E-state index >= 15 is 0 Å². The van der Waals surface area contributed by atoms with Crippen molar-refractivity contribution >= 4 is 28.9 Å². The topological polar surface area (TPSA) is 50.8 Å². The first-order valence-electron chi connectivity index (χ1n) is 9.15. The van der Waals surface area contributed by atoms with Crippen molar-refractivity contribution in [3.63, 3.8) is 0 Å². The van der Waals surface area contributed by atoms with E-state index in [0.29, 0.717) is 24.8 Å². The summed E-state index contributed by atoms with van der Waals surface area (Å²) in [4.78, 5) is 14.6. The molecule has 1 saturated heterocycles. The van der Waals surface area contributed by atoms with Crippen molar-refractivity contribution in [2.24, 2.45) is 0 Å². The van der Waals surface area contributed by atoms with Crippen molar-refractivity contribution in [3.05, 3.63) is 52.5 Å². The Morgan fingerprint density at radius 2 is 1.89 bits per heavy atom. The number of hydrogen-bond acceptors (Lipinski definition) is 4. The van der Waals surface area contributed by atoms with Crippen molar-refractivity contribution in [2.45, 2.75) is 20.3 Å². The lowest BCUT2D eigenvalue weighted by molar-refractivity contribution is -0.116. The average Bonchev–Trinajstić information content (AvgIpc) is 2.65. The number of morpholine rings is 1. The largest absolute Gasteiger partial charge is 0.493 e. The molecule has 0 radical (unpaired) electrons. The number of rotatable bonds is 6. The predicted molar refractivity (Wildman–Crippen MR) is 109 cm³/mol. The first kappa shape index (κ1) is 19.5. The molecule has 1 aliphatic rings. The van der Waals surface area contributed by atoms with Crippen molar-refractivity contribution in [3.8, 4) is 5.75 Å². The van der Waals surface area contributed by atoms with E-state index < -0.39 is 0 Å². The Hall–Kier alpha value is -2.24. The summed E-state index contributed by atoms with van der Waals surface area (Å²) >= 11 is 6.14. The zero-order valence-corrected chi connectivity index (χ0v) is 16.5. The van der Waals surface area contributed by atoms with Crippen LogP contribution < -0.4 is 15.0 Å². The van der Waals surface area contributed by atoms with E-state index in [4.69, 9.17) is 21.1 Å². The van der Waals surface area contributed by atoms with E-state index in [1.54, 1.807) is 6.07 Å². The van der Waals surface area contributed by atoms with E-state index in [0.717, 1.165) is 41.3 Å². The first-order valence-corrected chi connectivity index (χ1v) is 9.53. The van der Waals surface area contributed by atoms with Crippen molar-refractivity contribution in [1.29, 1.82) is 0 Å². The van der Waals surface area contributed by atoms with Crippen molar-refractivity contribution in [1.82, 2.24) is 0 Å². The smallest absolute Gasteiger partial charge is 0.227 e. The fraction of sp³-hybridized carbons (Fsp3) is 0.381. The van der Waals surface area contributed by atoms with Crippen LogP contribution in [-0.4, -0.2) is 38.8 Å². The van der Waals surface area contributed by atoms with Crippen LogP contribution in [-0.2, 0) is 9.53 Å². The highest BCUT2D eigenvalue weighted by molar-refractivity contribution is 6.31. The molecule has 0 atom stereocenters. The molecule has 144 valence electrons.